The molecule has 7 heteroatoms. The van der Waals surface area contributed by atoms with Gasteiger partial charge >= 0.3 is 215 Å². The van der Waals surface area contributed by atoms with Gasteiger partial charge in [0, 0.05) is 0 Å². The van der Waals surface area contributed by atoms with Crippen LogP contribution in [0.1, 0.15) is 59.3 Å². The molecule has 4 rings (SSSR count). The summed E-state index contributed by atoms with van der Waals surface area (Å²) in [6.45, 7) is 6.82. The molecule has 0 saturated carbocycles. The molecule has 0 spiro atoms. The molecule has 3 aromatic carbocycles. The molecule has 5 nitrogen and oxygen atoms in total. The minimum absolute atomic E-state index is 0.0817. The maximum absolute atomic E-state index is 12.8. The van der Waals surface area contributed by atoms with Crippen LogP contribution in [0.25, 0.3) is 0 Å². The number of nitrogens with one attached hydrogen (secondary N) is 1. The first-order chi connectivity index (χ1) is 19.6. The zero-order valence-electron chi connectivity index (χ0n) is 24.6. The fourth-order valence-electron chi connectivity index (χ4n) is 5.75. The molecule has 1 fully saturated rings. The van der Waals surface area contributed by atoms with Gasteiger partial charge in [-0.2, -0.15) is 0 Å². The quantitative estimate of drug-likeness (QED) is 0.209. The average Bonchev–Trinajstić information content (AvgIpc) is 2.98. The number of halogens is 1. The summed E-state index contributed by atoms with van der Waals surface area (Å²) in [6, 6.07) is 31.7. The summed E-state index contributed by atoms with van der Waals surface area (Å²) in [5.74, 6) is -3.17. The average molecular weight is 595 g/mol. The number of unbranched alkanes of at least 4 members (excludes halogenated alkanes) is 2. The van der Waals surface area contributed by atoms with Gasteiger partial charge in [0.15, 0.2) is 0 Å². The van der Waals surface area contributed by atoms with Crippen molar-refractivity contribution < 1.29 is 14.3 Å². The van der Waals surface area contributed by atoms with Crippen molar-refractivity contribution in [2.24, 2.45) is 0 Å². The fourth-order valence-corrected chi connectivity index (χ4v) is 12.0. The van der Waals surface area contributed by atoms with E-state index in [1.165, 1.54) is 15.9 Å². The van der Waals surface area contributed by atoms with E-state index in [0.717, 1.165) is 38.3 Å². The van der Waals surface area contributed by atoms with Crippen LogP contribution in [0.15, 0.2) is 91.0 Å². The van der Waals surface area contributed by atoms with E-state index in [9.17, 15) is 9.59 Å². The maximum atomic E-state index is 12.8. The molecule has 0 unspecified atom stereocenters. The standard InChI is InChI=1S/C34H44ClN2O3P/c1-34(2,3)40-33(39)37-25-23-28(24-26-37)36-32(38)22-14-7-15-27-41(35,29-16-8-4-9-17-29,30-18-10-5-11-19-30)31-20-12-6-13-21-31/h4-6,8-13,16-21,28H,7,14-15,22-27H2,1-3H3,(H,36,38). The third-order valence-corrected chi connectivity index (χ3v) is 15.4. The van der Waals surface area contributed by atoms with E-state index in [1.807, 2.05) is 39.0 Å². The molecule has 1 aliphatic rings. The van der Waals surface area contributed by atoms with Crippen molar-refractivity contribution in [3.8, 4) is 0 Å². The molecule has 2 amide bonds. The Kier molecular flexibility index (Phi) is 10.2. The predicted molar refractivity (Wildman–Crippen MR) is 173 cm³/mol. The number of hydrogen-bond acceptors (Lipinski definition) is 3. The Balaban J connectivity index is 1.35. The van der Waals surface area contributed by atoms with Crippen molar-refractivity contribution >= 4 is 45.1 Å². The fraction of sp³-hybridized carbons (Fsp3) is 0.412. The van der Waals surface area contributed by atoms with E-state index in [0.29, 0.717) is 19.5 Å². The summed E-state index contributed by atoms with van der Waals surface area (Å²) in [7, 11) is 0. The number of ether oxygens (including phenoxy) is 1. The number of nitrogens with zero attached hydrogens (tertiary/aromatic N) is 1. The van der Waals surface area contributed by atoms with Crippen molar-refractivity contribution in [1.82, 2.24) is 10.2 Å². The summed E-state index contributed by atoms with van der Waals surface area (Å²) in [4.78, 5) is 26.8. The molecular formula is C34H44ClN2O3P. The molecule has 3 aromatic rings. The van der Waals surface area contributed by atoms with E-state index < -0.39 is 11.6 Å². The van der Waals surface area contributed by atoms with Crippen LogP contribution in [0, 0.1) is 0 Å². The molecule has 1 heterocycles. The van der Waals surface area contributed by atoms with Gasteiger partial charge in [-0.15, -0.1) is 0 Å². The van der Waals surface area contributed by atoms with Crippen molar-refractivity contribution in [3.05, 3.63) is 91.0 Å². The molecular weight excluding hydrogens is 551 g/mol. The van der Waals surface area contributed by atoms with Crippen LogP contribution in [0.4, 0.5) is 4.79 Å². The number of likely N-dealkylation sites (tertiary alicyclic amines) is 1. The zero-order valence-corrected chi connectivity index (χ0v) is 26.2. The molecule has 1 saturated heterocycles. The van der Waals surface area contributed by atoms with Crippen LogP contribution >= 0.6 is 17.2 Å². The van der Waals surface area contributed by atoms with Crippen LogP contribution in [0.3, 0.4) is 0 Å². The Labute approximate surface area is 250 Å². The van der Waals surface area contributed by atoms with E-state index >= 15 is 0 Å². The normalized spacial score (nSPS) is 15.5. The van der Waals surface area contributed by atoms with E-state index in [2.05, 4.69) is 78.1 Å². The van der Waals surface area contributed by atoms with Crippen LogP contribution in [-0.4, -0.2) is 47.8 Å². The van der Waals surface area contributed by atoms with Gasteiger partial charge in [-0.25, -0.2) is 4.79 Å². The topological polar surface area (TPSA) is 58.6 Å². The molecule has 0 radical (unpaired) electrons. The molecule has 0 aromatic heterocycles. The predicted octanol–water partition coefficient (Wildman–Crippen LogP) is 6.75. The number of benzene rings is 3. The van der Waals surface area contributed by atoms with Gasteiger partial charge in [-0.05, 0) is 20.8 Å². The summed E-state index contributed by atoms with van der Waals surface area (Å²) in [5, 5.41) is 6.71. The monoisotopic (exact) mass is 594 g/mol. The van der Waals surface area contributed by atoms with E-state index in [4.69, 9.17) is 16.0 Å². The molecule has 0 aliphatic carbocycles. The first-order valence-corrected chi connectivity index (χ1v) is 18.1. The number of hydrogen-bond donors (Lipinski definition) is 1. The summed E-state index contributed by atoms with van der Waals surface area (Å²) >= 11 is 8.13. The van der Waals surface area contributed by atoms with Gasteiger partial charge in [0.25, 0.3) is 0 Å². The SMILES string of the molecule is CC(C)(C)OC(=O)N1CCC(NC(=O)CCCCCP(Cl)(c2ccccc2)(c2ccccc2)c2ccccc2)CC1. The second kappa shape index (κ2) is 13.4. The molecule has 1 aliphatic heterocycles. The van der Waals surface area contributed by atoms with Crippen LogP contribution < -0.4 is 21.2 Å². The number of piperidine rings is 1. The van der Waals surface area contributed by atoms with E-state index in [1.54, 1.807) is 4.90 Å². The number of carbonyl (C=O) groups excluding carboxylic acids is 2. The minimum atomic E-state index is -3.25. The Morgan fingerprint density at radius 3 is 1.71 bits per heavy atom. The van der Waals surface area contributed by atoms with Crippen molar-refractivity contribution in [2.75, 3.05) is 19.3 Å². The van der Waals surface area contributed by atoms with Crippen molar-refractivity contribution in [1.29, 1.82) is 0 Å². The number of carbonyl (C=O) groups is 2. The number of amides is 2. The van der Waals surface area contributed by atoms with Gasteiger partial charge in [-0.1, -0.05) is 0 Å². The van der Waals surface area contributed by atoms with Gasteiger partial charge < -0.3 is 4.74 Å². The van der Waals surface area contributed by atoms with Gasteiger partial charge in [0.2, 0.25) is 0 Å². The Morgan fingerprint density at radius 1 is 0.805 bits per heavy atom. The second-order valence-corrected chi connectivity index (χ2v) is 18.6. The van der Waals surface area contributed by atoms with Crippen LogP contribution in [0.2, 0.25) is 0 Å². The van der Waals surface area contributed by atoms with Gasteiger partial charge in [0.1, 0.15) is 5.60 Å². The van der Waals surface area contributed by atoms with Crippen molar-refractivity contribution in [2.45, 2.75) is 70.9 Å². The van der Waals surface area contributed by atoms with Crippen LogP contribution in [0.5, 0.6) is 0 Å². The molecule has 1 N–H and O–H groups in total. The first-order valence-electron chi connectivity index (χ1n) is 14.8. The Hall–Kier alpha value is -2.88. The third-order valence-electron chi connectivity index (χ3n) is 7.88. The summed E-state index contributed by atoms with van der Waals surface area (Å²) < 4.78 is 5.48. The molecule has 41 heavy (non-hydrogen) atoms. The number of rotatable bonds is 10. The van der Waals surface area contributed by atoms with Gasteiger partial charge in [0.05, 0.1) is 0 Å². The summed E-state index contributed by atoms with van der Waals surface area (Å²) in [5.41, 5.74) is -0.503. The van der Waals surface area contributed by atoms with Crippen molar-refractivity contribution in [3.63, 3.8) is 0 Å². The Morgan fingerprint density at radius 2 is 1.27 bits per heavy atom. The Bertz CT molecular complexity index is 1170. The third kappa shape index (κ3) is 7.50. The van der Waals surface area contributed by atoms with Gasteiger partial charge in [-0.3, -0.25) is 0 Å². The molecule has 0 bridgehead atoms. The summed E-state index contributed by atoms with van der Waals surface area (Å²) in [6.07, 6.45) is 5.18. The molecule has 0 atom stereocenters. The van der Waals surface area contributed by atoms with Crippen LogP contribution in [-0.2, 0) is 9.53 Å². The zero-order chi connectivity index (χ0) is 29.4. The first kappa shape index (κ1) is 31.1. The van der Waals surface area contributed by atoms with E-state index in [-0.39, 0.29) is 18.0 Å². The second-order valence-electron chi connectivity index (χ2n) is 12.0. The molecule has 220 valence electrons.